The van der Waals surface area contributed by atoms with Crippen LogP contribution in [0.2, 0.25) is 0 Å². The predicted molar refractivity (Wildman–Crippen MR) is 73.3 cm³/mol. The zero-order valence-corrected chi connectivity index (χ0v) is 11.3. The van der Waals surface area contributed by atoms with Gasteiger partial charge in [-0.3, -0.25) is 9.69 Å². The highest BCUT2D eigenvalue weighted by Crippen LogP contribution is 2.34. The van der Waals surface area contributed by atoms with Crippen molar-refractivity contribution in [2.45, 2.75) is 6.10 Å². The quantitative estimate of drug-likeness (QED) is 0.789. The molecule has 6 nitrogen and oxygen atoms in total. The molecule has 1 aliphatic rings. The highest BCUT2D eigenvalue weighted by molar-refractivity contribution is 6.06. The van der Waals surface area contributed by atoms with Crippen molar-refractivity contribution >= 4 is 17.6 Å². The Hall–Kier alpha value is -2.76. The molecule has 108 valence electrons. The minimum atomic E-state index is -0.858. The van der Waals surface area contributed by atoms with Crippen LogP contribution < -0.4 is 9.64 Å². The third kappa shape index (κ3) is 2.35. The number of esters is 1. The van der Waals surface area contributed by atoms with E-state index in [1.54, 1.807) is 36.4 Å². The number of fused-ring (bicyclic) bond motifs is 1. The van der Waals surface area contributed by atoms with Crippen LogP contribution in [-0.2, 0) is 9.53 Å². The molecule has 0 saturated heterocycles. The molecule has 3 rings (SSSR count). The number of anilines is 1. The van der Waals surface area contributed by atoms with E-state index < -0.39 is 12.1 Å². The van der Waals surface area contributed by atoms with Gasteiger partial charge in [0.25, 0.3) is 5.91 Å². The monoisotopic (exact) mass is 287 g/mol. The van der Waals surface area contributed by atoms with Gasteiger partial charge in [-0.2, -0.15) is 0 Å². The van der Waals surface area contributed by atoms with Gasteiger partial charge in [0.05, 0.1) is 25.6 Å². The van der Waals surface area contributed by atoms with Gasteiger partial charge in [-0.1, -0.05) is 12.1 Å². The van der Waals surface area contributed by atoms with Crippen molar-refractivity contribution in [3.8, 4) is 5.75 Å². The van der Waals surface area contributed by atoms with E-state index in [0.29, 0.717) is 11.4 Å². The zero-order valence-electron chi connectivity index (χ0n) is 11.3. The van der Waals surface area contributed by atoms with Crippen LogP contribution >= 0.6 is 0 Å². The molecule has 6 heteroatoms. The summed E-state index contributed by atoms with van der Waals surface area (Å²) in [6.45, 7) is 0.0726. The molecule has 0 unspecified atom stereocenters. The Morgan fingerprint density at radius 1 is 1.24 bits per heavy atom. The van der Waals surface area contributed by atoms with Crippen LogP contribution in [0.4, 0.5) is 5.69 Å². The second kappa shape index (κ2) is 5.32. The third-order valence-corrected chi connectivity index (χ3v) is 3.21. The number of amides is 1. The second-order valence-corrected chi connectivity index (χ2v) is 4.49. The fraction of sp³-hybridized carbons (Fsp3) is 0.200. The van der Waals surface area contributed by atoms with Crippen molar-refractivity contribution in [2.75, 3.05) is 18.6 Å². The van der Waals surface area contributed by atoms with E-state index in [1.807, 2.05) is 0 Å². The highest BCUT2D eigenvalue weighted by Gasteiger charge is 2.35. The summed E-state index contributed by atoms with van der Waals surface area (Å²) in [6, 6.07) is 10.2. The van der Waals surface area contributed by atoms with E-state index >= 15 is 0 Å². The van der Waals surface area contributed by atoms with E-state index in [1.165, 1.54) is 18.3 Å². The Bertz CT molecular complexity index is 664. The summed E-state index contributed by atoms with van der Waals surface area (Å²) in [4.78, 5) is 25.7. The van der Waals surface area contributed by atoms with Crippen LogP contribution in [0.5, 0.6) is 5.75 Å². The molecule has 0 aliphatic carbocycles. The van der Waals surface area contributed by atoms with Crippen molar-refractivity contribution in [2.24, 2.45) is 0 Å². The van der Waals surface area contributed by atoms with E-state index in [9.17, 15) is 9.59 Å². The van der Waals surface area contributed by atoms with Crippen LogP contribution in [0, 0.1) is 0 Å². The summed E-state index contributed by atoms with van der Waals surface area (Å²) in [5, 5.41) is 0. The van der Waals surface area contributed by atoms with Gasteiger partial charge in [-0.15, -0.1) is 0 Å². The fourth-order valence-electron chi connectivity index (χ4n) is 2.21. The topological polar surface area (TPSA) is 69.0 Å². The van der Waals surface area contributed by atoms with Gasteiger partial charge in [-0.25, -0.2) is 4.79 Å². The molecule has 2 heterocycles. The molecule has 1 atom stereocenters. The number of benzene rings is 1. The first-order valence-electron chi connectivity index (χ1n) is 6.39. The summed E-state index contributed by atoms with van der Waals surface area (Å²) in [6.07, 6.45) is 0.570. The standard InChI is InChI=1S/C15H13NO5/c1-19-15(18)13-9-16(14(17)12-7-4-8-20-12)10-5-2-3-6-11(10)21-13/h2-8,13H,9H2,1H3/t13-/m0/s1. The summed E-state index contributed by atoms with van der Waals surface area (Å²) >= 11 is 0. The van der Waals surface area contributed by atoms with Crippen LogP contribution in [-0.4, -0.2) is 31.6 Å². The molecule has 0 saturated carbocycles. The molecule has 0 fully saturated rings. The molecule has 2 aromatic rings. The summed E-state index contributed by atoms with van der Waals surface area (Å²) in [7, 11) is 1.28. The summed E-state index contributed by atoms with van der Waals surface area (Å²) in [5.74, 6) is -0.194. The van der Waals surface area contributed by atoms with Gasteiger partial charge in [0.2, 0.25) is 6.10 Å². The molecule has 1 amide bonds. The normalized spacial score (nSPS) is 16.8. The number of carbonyl (C=O) groups excluding carboxylic acids is 2. The Morgan fingerprint density at radius 2 is 2.05 bits per heavy atom. The maximum atomic E-state index is 12.5. The lowest BCUT2D eigenvalue weighted by atomic mass is 10.1. The Morgan fingerprint density at radius 3 is 2.76 bits per heavy atom. The molecule has 0 radical (unpaired) electrons. The maximum Gasteiger partial charge on any atom is 0.348 e. The fourth-order valence-corrected chi connectivity index (χ4v) is 2.21. The average molecular weight is 287 g/mol. The number of hydrogen-bond acceptors (Lipinski definition) is 5. The van der Waals surface area contributed by atoms with Crippen LogP contribution in [0.25, 0.3) is 0 Å². The Labute approximate surface area is 120 Å². The molecule has 1 aromatic carbocycles. The van der Waals surface area contributed by atoms with Gasteiger partial charge in [0.15, 0.2) is 5.76 Å². The summed E-state index contributed by atoms with van der Waals surface area (Å²) < 4.78 is 15.4. The first kappa shape index (κ1) is 13.2. The first-order valence-corrected chi connectivity index (χ1v) is 6.39. The lowest BCUT2D eigenvalue weighted by Crippen LogP contribution is -2.47. The van der Waals surface area contributed by atoms with Crippen molar-refractivity contribution in [3.63, 3.8) is 0 Å². The Kier molecular flexibility index (Phi) is 3.35. The number of carbonyl (C=O) groups is 2. The molecule has 1 aliphatic heterocycles. The molecule has 0 bridgehead atoms. The van der Waals surface area contributed by atoms with Crippen LogP contribution in [0.1, 0.15) is 10.6 Å². The summed E-state index contributed by atoms with van der Waals surface area (Å²) in [5.41, 5.74) is 0.596. The molecule has 21 heavy (non-hydrogen) atoms. The molecule has 1 aromatic heterocycles. The van der Waals surface area contributed by atoms with Crippen LogP contribution in [0.3, 0.4) is 0 Å². The van der Waals surface area contributed by atoms with Gasteiger partial charge in [0, 0.05) is 0 Å². The largest absolute Gasteiger partial charge is 0.475 e. The lowest BCUT2D eigenvalue weighted by Gasteiger charge is -2.33. The molecular weight excluding hydrogens is 274 g/mol. The lowest BCUT2D eigenvalue weighted by molar-refractivity contribution is -0.148. The van der Waals surface area contributed by atoms with E-state index in [-0.39, 0.29) is 18.2 Å². The second-order valence-electron chi connectivity index (χ2n) is 4.49. The minimum Gasteiger partial charge on any atom is -0.475 e. The number of para-hydroxylation sites is 2. The number of rotatable bonds is 2. The third-order valence-electron chi connectivity index (χ3n) is 3.21. The van der Waals surface area contributed by atoms with E-state index in [0.717, 1.165) is 0 Å². The molecule has 0 spiro atoms. The molecular formula is C15H13NO5. The molecule has 0 N–H and O–H groups in total. The smallest absolute Gasteiger partial charge is 0.348 e. The van der Waals surface area contributed by atoms with Gasteiger partial charge in [0.1, 0.15) is 5.75 Å². The predicted octanol–water partition coefficient (Wildman–Crippen LogP) is 1.86. The van der Waals surface area contributed by atoms with Crippen LogP contribution in [0.15, 0.2) is 47.1 Å². The van der Waals surface area contributed by atoms with Crippen molar-refractivity contribution in [1.82, 2.24) is 0 Å². The average Bonchev–Trinajstić information content (AvgIpc) is 3.06. The number of hydrogen-bond donors (Lipinski definition) is 0. The van der Waals surface area contributed by atoms with Gasteiger partial charge in [-0.05, 0) is 24.3 Å². The van der Waals surface area contributed by atoms with Crippen molar-refractivity contribution in [1.29, 1.82) is 0 Å². The van der Waals surface area contributed by atoms with Crippen molar-refractivity contribution < 1.29 is 23.5 Å². The minimum absolute atomic E-state index is 0.0726. The number of ether oxygens (including phenoxy) is 2. The van der Waals surface area contributed by atoms with Crippen molar-refractivity contribution in [3.05, 3.63) is 48.4 Å². The van der Waals surface area contributed by atoms with Gasteiger partial charge < -0.3 is 13.9 Å². The first-order chi connectivity index (χ1) is 10.2. The SMILES string of the molecule is COC(=O)[C@@H]1CN(C(=O)c2ccco2)c2ccccc2O1. The number of furan rings is 1. The highest BCUT2D eigenvalue weighted by atomic mass is 16.6. The van der Waals surface area contributed by atoms with E-state index in [2.05, 4.69) is 0 Å². The Balaban J connectivity index is 1.98. The number of methoxy groups -OCH3 is 1. The van der Waals surface area contributed by atoms with Gasteiger partial charge >= 0.3 is 5.97 Å². The zero-order chi connectivity index (χ0) is 14.8. The maximum absolute atomic E-state index is 12.5. The van der Waals surface area contributed by atoms with E-state index in [4.69, 9.17) is 13.9 Å². The number of nitrogens with zero attached hydrogens (tertiary/aromatic N) is 1.